The molecule has 1 aromatic rings. The molecule has 0 radical (unpaired) electrons. The summed E-state index contributed by atoms with van der Waals surface area (Å²) in [6.45, 7) is 6.69. The summed E-state index contributed by atoms with van der Waals surface area (Å²) in [6.07, 6.45) is 4.33. The third-order valence-corrected chi connectivity index (χ3v) is 5.07. The van der Waals surface area contributed by atoms with E-state index in [2.05, 4.69) is 17.2 Å². The van der Waals surface area contributed by atoms with Gasteiger partial charge in [0.05, 0.1) is 12.1 Å². The molecule has 1 saturated carbocycles. The highest BCUT2D eigenvalue weighted by Crippen LogP contribution is 2.45. The molecule has 0 bridgehead atoms. The number of nitrogens with zero attached hydrogens (tertiary/aromatic N) is 1. The Kier molecular flexibility index (Phi) is 4.61. The van der Waals surface area contributed by atoms with Crippen LogP contribution < -0.4 is 5.32 Å². The summed E-state index contributed by atoms with van der Waals surface area (Å²) >= 11 is 0. The van der Waals surface area contributed by atoms with Crippen LogP contribution in [-0.4, -0.2) is 22.1 Å². The molecule has 116 valence electrons. The Hall–Kier alpha value is -1.49. The van der Waals surface area contributed by atoms with Crippen LogP contribution in [0.3, 0.4) is 0 Å². The van der Waals surface area contributed by atoms with E-state index in [-0.39, 0.29) is 29.1 Å². The Morgan fingerprint density at radius 3 is 2.81 bits per heavy atom. The largest absolute Gasteiger partial charge is 0.481 e. The molecule has 0 spiro atoms. The lowest BCUT2D eigenvalue weighted by Crippen LogP contribution is -2.50. The fraction of sp³-hybridized carbons (Fsp3) is 0.625. The van der Waals surface area contributed by atoms with Gasteiger partial charge in [0, 0.05) is 18.8 Å². The Bertz CT molecular complexity index is 519. The number of aliphatic carboxylic acids is 1. The van der Waals surface area contributed by atoms with E-state index in [0.29, 0.717) is 13.0 Å². The number of hydrogen-bond donors (Lipinski definition) is 2. The van der Waals surface area contributed by atoms with Crippen LogP contribution in [0.15, 0.2) is 18.5 Å². The maximum atomic E-state index is 13.1. The lowest BCUT2D eigenvalue weighted by Gasteiger charge is -2.46. The second-order valence-corrected chi connectivity index (χ2v) is 6.58. The zero-order chi connectivity index (χ0) is 15.6. The third-order valence-electron chi connectivity index (χ3n) is 5.07. The molecule has 3 unspecified atom stereocenters. The maximum Gasteiger partial charge on any atom is 0.307 e. The van der Waals surface area contributed by atoms with Crippen LogP contribution in [0.5, 0.6) is 0 Å². The van der Waals surface area contributed by atoms with Crippen molar-refractivity contribution in [1.82, 2.24) is 10.3 Å². The Labute approximate surface area is 124 Å². The first-order chi connectivity index (χ1) is 9.82. The van der Waals surface area contributed by atoms with E-state index in [0.717, 1.165) is 12.0 Å². The molecule has 21 heavy (non-hydrogen) atoms. The summed E-state index contributed by atoms with van der Waals surface area (Å²) in [5.74, 6) is -1.12. The molecule has 1 aliphatic rings. The van der Waals surface area contributed by atoms with Crippen molar-refractivity contribution >= 4 is 5.97 Å². The van der Waals surface area contributed by atoms with Gasteiger partial charge in [-0.1, -0.05) is 20.8 Å². The lowest BCUT2D eigenvalue weighted by atomic mass is 9.61. The second kappa shape index (κ2) is 6.10. The molecule has 1 aromatic heterocycles. The first-order valence-corrected chi connectivity index (χ1v) is 7.38. The van der Waals surface area contributed by atoms with Crippen LogP contribution in [0.1, 0.15) is 39.2 Å². The van der Waals surface area contributed by atoms with Gasteiger partial charge in [-0.05, 0) is 35.8 Å². The summed E-state index contributed by atoms with van der Waals surface area (Å²) in [7, 11) is 0. The number of carbonyl (C=O) groups is 1. The lowest BCUT2D eigenvalue weighted by molar-refractivity contribution is -0.150. The van der Waals surface area contributed by atoms with Crippen LogP contribution in [-0.2, 0) is 11.3 Å². The molecular formula is C16H23FN2O2. The summed E-state index contributed by atoms with van der Waals surface area (Å²) in [4.78, 5) is 15.2. The molecule has 2 N–H and O–H groups in total. The molecule has 0 aromatic carbocycles. The third kappa shape index (κ3) is 3.40. The minimum Gasteiger partial charge on any atom is -0.481 e. The fourth-order valence-electron chi connectivity index (χ4n) is 3.33. The maximum absolute atomic E-state index is 13.1. The standard InChI is InChI=1S/C16H23FN2O2/c1-10-14(5-4-13(15(20)21)16(10,2)3)19-8-11-6-12(17)9-18-7-11/h6-7,9-10,13-14,19H,4-5,8H2,1-3H3,(H,20,21). The number of pyridine rings is 1. The zero-order valence-corrected chi connectivity index (χ0v) is 12.8. The van der Waals surface area contributed by atoms with Crippen molar-refractivity contribution in [3.8, 4) is 0 Å². The monoisotopic (exact) mass is 294 g/mol. The fourth-order valence-corrected chi connectivity index (χ4v) is 3.33. The van der Waals surface area contributed by atoms with Crippen LogP contribution in [0, 0.1) is 23.1 Å². The number of hydrogen-bond acceptors (Lipinski definition) is 3. The molecule has 1 heterocycles. The Balaban J connectivity index is 2.01. The van der Waals surface area contributed by atoms with Gasteiger partial charge in [0.25, 0.3) is 0 Å². The molecule has 0 aliphatic heterocycles. The highest BCUT2D eigenvalue weighted by molar-refractivity contribution is 5.71. The number of carboxylic acids is 1. The van der Waals surface area contributed by atoms with Crippen molar-refractivity contribution < 1.29 is 14.3 Å². The highest BCUT2D eigenvalue weighted by atomic mass is 19.1. The summed E-state index contributed by atoms with van der Waals surface area (Å²) in [5.41, 5.74) is 0.544. The van der Waals surface area contributed by atoms with Crippen molar-refractivity contribution in [2.75, 3.05) is 0 Å². The summed E-state index contributed by atoms with van der Waals surface area (Å²) < 4.78 is 13.1. The van der Waals surface area contributed by atoms with Gasteiger partial charge in [-0.2, -0.15) is 0 Å². The van der Waals surface area contributed by atoms with E-state index in [1.165, 1.54) is 12.3 Å². The van der Waals surface area contributed by atoms with Gasteiger partial charge >= 0.3 is 5.97 Å². The molecule has 5 heteroatoms. The SMILES string of the molecule is CC1C(NCc2cncc(F)c2)CCC(C(=O)O)C1(C)C. The van der Waals surface area contributed by atoms with E-state index in [9.17, 15) is 14.3 Å². The highest BCUT2D eigenvalue weighted by Gasteiger charge is 2.45. The van der Waals surface area contributed by atoms with Gasteiger partial charge in [-0.3, -0.25) is 9.78 Å². The van der Waals surface area contributed by atoms with E-state index >= 15 is 0 Å². The smallest absolute Gasteiger partial charge is 0.307 e. The second-order valence-electron chi connectivity index (χ2n) is 6.58. The van der Waals surface area contributed by atoms with E-state index in [1.54, 1.807) is 6.20 Å². The van der Waals surface area contributed by atoms with Gasteiger partial charge in [0.1, 0.15) is 5.82 Å². The zero-order valence-electron chi connectivity index (χ0n) is 12.8. The number of nitrogens with one attached hydrogen (secondary N) is 1. The van der Waals surface area contributed by atoms with Crippen molar-refractivity contribution in [3.05, 3.63) is 29.8 Å². The number of carboxylic acid groups (broad SMARTS) is 1. The average Bonchev–Trinajstić information content (AvgIpc) is 2.40. The van der Waals surface area contributed by atoms with Crippen LogP contribution in [0.25, 0.3) is 0 Å². The molecule has 4 nitrogen and oxygen atoms in total. The normalized spacial score (nSPS) is 28.3. The van der Waals surface area contributed by atoms with E-state index < -0.39 is 5.97 Å². The molecule has 3 atom stereocenters. The number of halogens is 1. The Morgan fingerprint density at radius 1 is 1.48 bits per heavy atom. The first kappa shape index (κ1) is 15.9. The van der Waals surface area contributed by atoms with Crippen molar-refractivity contribution in [2.24, 2.45) is 17.3 Å². The molecule has 1 fully saturated rings. The number of rotatable bonds is 4. The van der Waals surface area contributed by atoms with Gasteiger partial charge in [-0.25, -0.2) is 4.39 Å². The quantitative estimate of drug-likeness (QED) is 0.896. The predicted octanol–water partition coefficient (Wildman–Crippen LogP) is 2.84. The predicted molar refractivity (Wildman–Crippen MR) is 78.1 cm³/mol. The van der Waals surface area contributed by atoms with Gasteiger partial charge in [-0.15, -0.1) is 0 Å². The first-order valence-electron chi connectivity index (χ1n) is 7.38. The van der Waals surface area contributed by atoms with Gasteiger partial charge in [0.15, 0.2) is 0 Å². The summed E-state index contributed by atoms with van der Waals surface area (Å²) in [5, 5.41) is 12.8. The van der Waals surface area contributed by atoms with Crippen molar-refractivity contribution in [1.29, 1.82) is 0 Å². The van der Waals surface area contributed by atoms with Gasteiger partial charge in [0.2, 0.25) is 0 Å². The molecule has 1 aliphatic carbocycles. The molecule has 0 amide bonds. The average molecular weight is 294 g/mol. The minimum atomic E-state index is -0.709. The van der Waals surface area contributed by atoms with Gasteiger partial charge < -0.3 is 10.4 Å². The van der Waals surface area contributed by atoms with Crippen LogP contribution >= 0.6 is 0 Å². The molecule has 0 saturated heterocycles. The Morgan fingerprint density at radius 2 is 2.19 bits per heavy atom. The molecular weight excluding hydrogens is 271 g/mol. The van der Waals surface area contributed by atoms with E-state index in [4.69, 9.17) is 0 Å². The van der Waals surface area contributed by atoms with Crippen molar-refractivity contribution in [2.45, 2.75) is 46.2 Å². The minimum absolute atomic E-state index is 0.230. The van der Waals surface area contributed by atoms with E-state index in [1.807, 2.05) is 13.8 Å². The summed E-state index contributed by atoms with van der Waals surface area (Å²) in [6, 6.07) is 1.71. The van der Waals surface area contributed by atoms with Crippen molar-refractivity contribution in [3.63, 3.8) is 0 Å². The van der Waals surface area contributed by atoms with Crippen LogP contribution in [0.2, 0.25) is 0 Å². The van der Waals surface area contributed by atoms with Crippen LogP contribution in [0.4, 0.5) is 4.39 Å². The molecule has 2 rings (SSSR count). The topological polar surface area (TPSA) is 62.2 Å². The number of aromatic nitrogens is 1.